The second-order valence-corrected chi connectivity index (χ2v) is 3.04. The molecule has 0 amide bonds. The predicted octanol–water partition coefficient (Wildman–Crippen LogP) is -1.10. The van der Waals surface area contributed by atoms with Crippen molar-refractivity contribution in [2.24, 2.45) is 5.92 Å². The first-order chi connectivity index (χ1) is 5.74. The van der Waals surface area contributed by atoms with Crippen LogP contribution in [0.5, 0.6) is 0 Å². The van der Waals surface area contributed by atoms with Crippen LogP contribution in [0.4, 0.5) is 0 Å². The van der Waals surface area contributed by atoms with Crippen LogP contribution in [0.25, 0.3) is 0 Å². The number of nitrogens with zero attached hydrogens (tertiary/aromatic N) is 1. The average molecular weight is 177 g/mol. The molecular formula is C8H19NO3. The molecule has 0 aliphatic carbocycles. The Labute approximate surface area is 73.4 Å². The minimum absolute atomic E-state index is 0.0954. The molecule has 0 bridgehead atoms. The van der Waals surface area contributed by atoms with E-state index >= 15 is 0 Å². The van der Waals surface area contributed by atoms with Gasteiger partial charge in [-0.3, -0.25) is 4.90 Å². The molecule has 0 radical (unpaired) electrons. The van der Waals surface area contributed by atoms with Gasteiger partial charge in [0.1, 0.15) is 0 Å². The van der Waals surface area contributed by atoms with Gasteiger partial charge in [0.25, 0.3) is 0 Å². The first-order valence-corrected chi connectivity index (χ1v) is 4.29. The average Bonchev–Trinajstić information content (AvgIpc) is 2.05. The Hall–Kier alpha value is -0.160. The fraction of sp³-hybridized carbons (Fsp3) is 1.00. The van der Waals surface area contributed by atoms with Crippen LogP contribution >= 0.6 is 0 Å². The first kappa shape index (κ1) is 11.8. The molecule has 0 spiro atoms. The van der Waals surface area contributed by atoms with Gasteiger partial charge >= 0.3 is 0 Å². The summed E-state index contributed by atoms with van der Waals surface area (Å²) in [4.78, 5) is 1.93. The molecular weight excluding hydrogens is 158 g/mol. The lowest BCUT2D eigenvalue weighted by molar-refractivity contribution is 0.126. The number of aliphatic hydroxyl groups is 3. The maximum atomic E-state index is 8.77. The number of aliphatic hydroxyl groups excluding tert-OH is 3. The predicted molar refractivity (Wildman–Crippen MR) is 46.9 cm³/mol. The summed E-state index contributed by atoms with van der Waals surface area (Å²) in [6, 6.07) is 0. The van der Waals surface area contributed by atoms with Crippen molar-refractivity contribution in [2.45, 2.75) is 6.92 Å². The summed E-state index contributed by atoms with van der Waals surface area (Å²) in [5.74, 6) is 0.197. The minimum atomic E-state index is 0.0954. The summed E-state index contributed by atoms with van der Waals surface area (Å²) in [5, 5.41) is 26.1. The van der Waals surface area contributed by atoms with Gasteiger partial charge in [-0.05, 0) is 5.92 Å². The first-order valence-electron chi connectivity index (χ1n) is 4.29. The van der Waals surface area contributed by atoms with E-state index in [2.05, 4.69) is 0 Å². The molecule has 0 heterocycles. The van der Waals surface area contributed by atoms with Gasteiger partial charge in [0, 0.05) is 26.2 Å². The van der Waals surface area contributed by atoms with Gasteiger partial charge in [0.15, 0.2) is 0 Å². The maximum absolute atomic E-state index is 8.77. The van der Waals surface area contributed by atoms with Crippen LogP contribution in [0.1, 0.15) is 6.92 Å². The van der Waals surface area contributed by atoms with E-state index in [4.69, 9.17) is 15.3 Å². The molecule has 0 aliphatic rings. The van der Waals surface area contributed by atoms with Crippen LogP contribution < -0.4 is 0 Å². The molecule has 0 aliphatic heterocycles. The lowest BCUT2D eigenvalue weighted by atomic mass is 10.2. The van der Waals surface area contributed by atoms with Gasteiger partial charge in [-0.15, -0.1) is 0 Å². The quantitative estimate of drug-likeness (QED) is 0.462. The lowest BCUT2D eigenvalue weighted by Crippen LogP contribution is -2.34. The molecule has 1 atom stereocenters. The fourth-order valence-corrected chi connectivity index (χ4v) is 1.08. The highest BCUT2D eigenvalue weighted by molar-refractivity contribution is 4.61. The highest BCUT2D eigenvalue weighted by atomic mass is 16.3. The molecule has 3 N–H and O–H groups in total. The smallest absolute Gasteiger partial charge is 0.0558 e. The molecule has 0 rings (SSSR count). The molecule has 12 heavy (non-hydrogen) atoms. The molecule has 0 saturated heterocycles. The van der Waals surface area contributed by atoms with E-state index in [0.29, 0.717) is 13.1 Å². The Kier molecular flexibility index (Phi) is 7.39. The second kappa shape index (κ2) is 7.49. The number of rotatable bonds is 7. The molecule has 0 aromatic rings. The lowest BCUT2D eigenvalue weighted by Gasteiger charge is -2.22. The molecule has 1 unspecified atom stereocenters. The third kappa shape index (κ3) is 5.49. The minimum Gasteiger partial charge on any atom is -0.396 e. The number of hydrogen-bond acceptors (Lipinski definition) is 4. The van der Waals surface area contributed by atoms with E-state index in [0.717, 1.165) is 6.54 Å². The summed E-state index contributed by atoms with van der Waals surface area (Å²) in [6.45, 7) is 4.11. The molecule has 0 aromatic carbocycles. The monoisotopic (exact) mass is 177 g/mol. The van der Waals surface area contributed by atoms with E-state index in [1.54, 1.807) is 0 Å². The van der Waals surface area contributed by atoms with Gasteiger partial charge in [-0.25, -0.2) is 0 Å². The van der Waals surface area contributed by atoms with Crippen molar-refractivity contribution >= 4 is 0 Å². The Morgan fingerprint density at radius 3 is 1.92 bits per heavy atom. The molecule has 4 heteroatoms. The van der Waals surface area contributed by atoms with E-state index in [-0.39, 0.29) is 25.7 Å². The van der Waals surface area contributed by atoms with Gasteiger partial charge in [0.05, 0.1) is 13.2 Å². The Morgan fingerprint density at radius 2 is 1.58 bits per heavy atom. The molecule has 0 aromatic heterocycles. The van der Waals surface area contributed by atoms with E-state index in [1.165, 1.54) is 0 Å². The Balaban J connectivity index is 3.61. The Bertz CT molecular complexity index is 94.3. The fourth-order valence-electron chi connectivity index (χ4n) is 1.08. The third-order valence-corrected chi connectivity index (χ3v) is 1.71. The van der Waals surface area contributed by atoms with Crippen molar-refractivity contribution in [1.29, 1.82) is 0 Å². The standard InChI is InChI=1S/C8H19NO3/c1-8(7-12)6-9(2-4-10)3-5-11/h8,10-12H,2-7H2,1H3. The largest absolute Gasteiger partial charge is 0.396 e. The summed E-state index contributed by atoms with van der Waals surface area (Å²) < 4.78 is 0. The van der Waals surface area contributed by atoms with E-state index < -0.39 is 0 Å². The molecule has 0 saturated carbocycles. The summed E-state index contributed by atoms with van der Waals surface area (Å²) >= 11 is 0. The highest BCUT2D eigenvalue weighted by Crippen LogP contribution is 1.97. The van der Waals surface area contributed by atoms with Gasteiger partial charge in [0.2, 0.25) is 0 Å². The van der Waals surface area contributed by atoms with Crippen molar-refractivity contribution in [3.05, 3.63) is 0 Å². The van der Waals surface area contributed by atoms with Gasteiger partial charge in [-0.2, -0.15) is 0 Å². The van der Waals surface area contributed by atoms with E-state index in [1.807, 2.05) is 11.8 Å². The van der Waals surface area contributed by atoms with Crippen molar-refractivity contribution < 1.29 is 15.3 Å². The van der Waals surface area contributed by atoms with Gasteiger partial charge < -0.3 is 15.3 Å². The van der Waals surface area contributed by atoms with Crippen LogP contribution in [-0.4, -0.2) is 59.7 Å². The SMILES string of the molecule is CC(CO)CN(CCO)CCO. The zero-order valence-corrected chi connectivity index (χ0v) is 7.61. The Morgan fingerprint density at radius 1 is 1.08 bits per heavy atom. The topological polar surface area (TPSA) is 63.9 Å². The summed E-state index contributed by atoms with van der Waals surface area (Å²) in [6.07, 6.45) is 0. The number of hydrogen-bond donors (Lipinski definition) is 3. The van der Waals surface area contributed by atoms with Crippen molar-refractivity contribution in [1.82, 2.24) is 4.90 Å². The van der Waals surface area contributed by atoms with Crippen LogP contribution in [-0.2, 0) is 0 Å². The third-order valence-electron chi connectivity index (χ3n) is 1.71. The van der Waals surface area contributed by atoms with Crippen molar-refractivity contribution in [3.63, 3.8) is 0 Å². The molecule has 74 valence electrons. The van der Waals surface area contributed by atoms with E-state index in [9.17, 15) is 0 Å². The van der Waals surface area contributed by atoms with Crippen LogP contribution in [0.15, 0.2) is 0 Å². The molecule has 0 fully saturated rings. The summed E-state index contributed by atoms with van der Waals surface area (Å²) in [5.41, 5.74) is 0. The van der Waals surface area contributed by atoms with Crippen molar-refractivity contribution in [2.75, 3.05) is 39.5 Å². The summed E-state index contributed by atoms with van der Waals surface area (Å²) in [7, 11) is 0. The van der Waals surface area contributed by atoms with Crippen molar-refractivity contribution in [3.8, 4) is 0 Å². The van der Waals surface area contributed by atoms with Gasteiger partial charge in [-0.1, -0.05) is 6.92 Å². The normalized spacial score (nSPS) is 13.8. The zero-order chi connectivity index (χ0) is 9.40. The van der Waals surface area contributed by atoms with Crippen LogP contribution in [0, 0.1) is 5.92 Å². The zero-order valence-electron chi connectivity index (χ0n) is 7.61. The van der Waals surface area contributed by atoms with Crippen LogP contribution in [0.3, 0.4) is 0 Å². The molecule has 4 nitrogen and oxygen atoms in total. The highest BCUT2D eigenvalue weighted by Gasteiger charge is 2.07. The maximum Gasteiger partial charge on any atom is 0.0558 e. The van der Waals surface area contributed by atoms with Crippen LogP contribution in [0.2, 0.25) is 0 Å². The second-order valence-electron chi connectivity index (χ2n) is 3.04.